The van der Waals surface area contributed by atoms with Crippen LogP contribution in [0, 0.1) is 6.92 Å². The first-order chi connectivity index (χ1) is 9.52. The molecule has 0 saturated heterocycles. The van der Waals surface area contributed by atoms with E-state index in [4.69, 9.17) is 17.3 Å². The van der Waals surface area contributed by atoms with Crippen molar-refractivity contribution in [3.8, 4) is 0 Å². The predicted molar refractivity (Wildman–Crippen MR) is 79.8 cm³/mol. The number of anilines is 2. The Bertz CT molecular complexity index is 599. The standard InChI is InChI=1S/C12H12ClN5OS/c1-7-4-9(14)17-12(16-7)20-6-11(19)18-10-3-2-8(13)5-15-10/h2-5H,6H2,1H3,(H2,14,16,17)(H,15,18,19). The van der Waals surface area contributed by atoms with E-state index in [1.165, 1.54) is 18.0 Å². The molecular formula is C12H12ClN5OS. The van der Waals surface area contributed by atoms with Gasteiger partial charge in [-0.25, -0.2) is 15.0 Å². The van der Waals surface area contributed by atoms with Crippen molar-refractivity contribution in [3.63, 3.8) is 0 Å². The lowest BCUT2D eigenvalue weighted by Crippen LogP contribution is -2.15. The van der Waals surface area contributed by atoms with Gasteiger partial charge in [-0.3, -0.25) is 4.79 Å². The van der Waals surface area contributed by atoms with E-state index in [2.05, 4.69) is 20.3 Å². The summed E-state index contributed by atoms with van der Waals surface area (Å²) >= 11 is 6.92. The smallest absolute Gasteiger partial charge is 0.236 e. The molecule has 0 bridgehead atoms. The second-order valence-corrected chi connectivity index (χ2v) is 5.29. The van der Waals surface area contributed by atoms with Crippen molar-refractivity contribution >= 4 is 40.9 Å². The lowest BCUT2D eigenvalue weighted by atomic mass is 10.4. The molecule has 104 valence electrons. The van der Waals surface area contributed by atoms with Crippen LogP contribution < -0.4 is 11.1 Å². The number of pyridine rings is 1. The quantitative estimate of drug-likeness (QED) is 0.664. The average molecular weight is 310 g/mol. The van der Waals surface area contributed by atoms with Gasteiger partial charge in [-0.05, 0) is 19.1 Å². The molecule has 8 heteroatoms. The molecule has 0 spiro atoms. The van der Waals surface area contributed by atoms with Crippen LogP contribution in [0.2, 0.25) is 5.02 Å². The fraction of sp³-hybridized carbons (Fsp3) is 0.167. The Balaban J connectivity index is 1.90. The highest BCUT2D eigenvalue weighted by Gasteiger charge is 2.07. The van der Waals surface area contributed by atoms with Crippen molar-refractivity contribution in [1.29, 1.82) is 0 Å². The van der Waals surface area contributed by atoms with Crippen LogP contribution in [0.4, 0.5) is 11.6 Å². The van der Waals surface area contributed by atoms with Crippen molar-refractivity contribution in [1.82, 2.24) is 15.0 Å². The summed E-state index contributed by atoms with van der Waals surface area (Å²) in [7, 11) is 0. The zero-order valence-electron chi connectivity index (χ0n) is 10.6. The molecule has 20 heavy (non-hydrogen) atoms. The molecule has 0 radical (unpaired) electrons. The third kappa shape index (κ3) is 4.36. The van der Waals surface area contributed by atoms with E-state index in [-0.39, 0.29) is 11.7 Å². The van der Waals surface area contributed by atoms with Crippen LogP contribution in [0.1, 0.15) is 5.69 Å². The first kappa shape index (κ1) is 14.5. The molecule has 0 aromatic carbocycles. The van der Waals surface area contributed by atoms with Crippen molar-refractivity contribution in [2.45, 2.75) is 12.1 Å². The van der Waals surface area contributed by atoms with Gasteiger partial charge in [0, 0.05) is 18.0 Å². The summed E-state index contributed by atoms with van der Waals surface area (Å²) < 4.78 is 0. The van der Waals surface area contributed by atoms with Gasteiger partial charge in [-0.2, -0.15) is 0 Å². The zero-order chi connectivity index (χ0) is 14.5. The molecule has 0 saturated carbocycles. The van der Waals surface area contributed by atoms with E-state index >= 15 is 0 Å². The third-order valence-electron chi connectivity index (χ3n) is 2.18. The Morgan fingerprint density at radius 3 is 2.90 bits per heavy atom. The third-order valence-corrected chi connectivity index (χ3v) is 3.25. The zero-order valence-corrected chi connectivity index (χ0v) is 12.2. The van der Waals surface area contributed by atoms with Gasteiger partial charge in [-0.15, -0.1) is 0 Å². The first-order valence-corrected chi connectivity index (χ1v) is 7.04. The highest BCUT2D eigenvalue weighted by Crippen LogP contribution is 2.16. The molecule has 0 atom stereocenters. The summed E-state index contributed by atoms with van der Waals surface area (Å²) in [5, 5.41) is 3.64. The number of carbonyl (C=O) groups excluding carboxylic acids is 1. The van der Waals surface area contributed by atoms with E-state index in [1.807, 2.05) is 6.92 Å². The topological polar surface area (TPSA) is 93.8 Å². The SMILES string of the molecule is Cc1cc(N)nc(SCC(=O)Nc2ccc(Cl)cn2)n1. The van der Waals surface area contributed by atoms with Gasteiger partial charge in [0.05, 0.1) is 10.8 Å². The molecule has 0 fully saturated rings. The number of aryl methyl sites for hydroxylation is 1. The second kappa shape index (κ2) is 6.53. The highest BCUT2D eigenvalue weighted by molar-refractivity contribution is 7.99. The van der Waals surface area contributed by atoms with Gasteiger partial charge >= 0.3 is 0 Å². The maximum Gasteiger partial charge on any atom is 0.236 e. The Kier molecular flexibility index (Phi) is 4.75. The molecule has 3 N–H and O–H groups in total. The number of hydrogen-bond acceptors (Lipinski definition) is 6. The molecule has 1 amide bonds. The van der Waals surface area contributed by atoms with Gasteiger partial charge < -0.3 is 11.1 Å². The number of carbonyl (C=O) groups is 1. The molecular weight excluding hydrogens is 298 g/mol. The fourth-order valence-electron chi connectivity index (χ4n) is 1.39. The van der Waals surface area contributed by atoms with Crippen LogP contribution in [0.15, 0.2) is 29.6 Å². The summed E-state index contributed by atoms with van der Waals surface area (Å²) in [6, 6.07) is 4.95. The highest BCUT2D eigenvalue weighted by atomic mass is 35.5. The number of rotatable bonds is 4. The minimum Gasteiger partial charge on any atom is -0.384 e. The number of nitrogens with zero attached hydrogens (tertiary/aromatic N) is 3. The minimum absolute atomic E-state index is 0.174. The van der Waals surface area contributed by atoms with Gasteiger partial charge in [0.15, 0.2) is 5.16 Å². The van der Waals surface area contributed by atoms with Crippen LogP contribution in [0.25, 0.3) is 0 Å². The summed E-state index contributed by atoms with van der Waals surface area (Å²) in [5.74, 6) is 0.811. The first-order valence-electron chi connectivity index (χ1n) is 5.68. The van der Waals surface area contributed by atoms with Crippen LogP contribution in [-0.4, -0.2) is 26.6 Å². The molecule has 0 unspecified atom stereocenters. The molecule has 0 aliphatic heterocycles. The van der Waals surface area contributed by atoms with Gasteiger partial charge in [-0.1, -0.05) is 23.4 Å². The summed E-state index contributed by atoms with van der Waals surface area (Å²) in [6.07, 6.45) is 1.47. The lowest BCUT2D eigenvalue weighted by Gasteiger charge is -2.04. The van der Waals surface area contributed by atoms with E-state index in [9.17, 15) is 4.79 Å². The number of nitrogen functional groups attached to an aromatic ring is 1. The number of nitrogens with one attached hydrogen (secondary N) is 1. The van der Waals surface area contributed by atoms with Crippen LogP contribution in [0.5, 0.6) is 0 Å². The Hall–Kier alpha value is -1.86. The van der Waals surface area contributed by atoms with E-state index in [1.54, 1.807) is 18.2 Å². The molecule has 2 heterocycles. The van der Waals surface area contributed by atoms with E-state index < -0.39 is 0 Å². The molecule has 0 aliphatic carbocycles. The van der Waals surface area contributed by atoms with Crippen molar-refractivity contribution < 1.29 is 4.79 Å². The number of nitrogens with two attached hydrogens (primary N) is 1. The number of thioether (sulfide) groups is 1. The second-order valence-electron chi connectivity index (χ2n) is 3.92. The van der Waals surface area contributed by atoms with Crippen molar-refractivity contribution in [2.24, 2.45) is 0 Å². The Morgan fingerprint density at radius 1 is 1.45 bits per heavy atom. The molecule has 6 nitrogen and oxygen atoms in total. The van der Waals surface area contributed by atoms with Gasteiger partial charge in [0.25, 0.3) is 0 Å². The number of halogens is 1. The summed E-state index contributed by atoms with van der Waals surface area (Å²) in [6.45, 7) is 1.82. The lowest BCUT2D eigenvalue weighted by molar-refractivity contribution is -0.113. The summed E-state index contributed by atoms with van der Waals surface area (Å²) in [5.41, 5.74) is 6.38. The minimum atomic E-state index is -0.200. The van der Waals surface area contributed by atoms with Crippen LogP contribution in [-0.2, 0) is 4.79 Å². The Morgan fingerprint density at radius 2 is 2.25 bits per heavy atom. The van der Waals surface area contributed by atoms with Gasteiger partial charge in [0.2, 0.25) is 5.91 Å². The number of amides is 1. The molecule has 2 aromatic rings. The Labute approximate surface area is 125 Å². The van der Waals surface area contributed by atoms with E-state index in [0.717, 1.165) is 5.69 Å². The number of hydrogen-bond donors (Lipinski definition) is 2. The van der Waals surface area contributed by atoms with Crippen LogP contribution >= 0.6 is 23.4 Å². The van der Waals surface area contributed by atoms with Gasteiger partial charge in [0.1, 0.15) is 11.6 Å². The fourth-order valence-corrected chi connectivity index (χ4v) is 2.21. The van der Waals surface area contributed by atoms with E-state index in [0.29, 0.717) is 21.8 Å². The van der Waals surface area contributed by atoms with Crippen molar-refractivity contribution in [3.05, 3.63) is 35.1 Å². The van der Waals surface area contributed by atoms with Crippen LogP contribution in [0.3, 0.4) is 0 Å². The maximum absolute atomic E-state index is 11.7. The molecule has 0 aliphatic rings. The normalized spacial score (nSPS) is 10.3. The average Bonchev–Trinajstić information content (AvgIpc) is 2.38. The molecule has 2 rings (SSSR count). The molecule has 2 aromatic heterocycles. The van der Waals surface area contributed by atoms with Crippen molar-refractivity contribution in [2.75, 3.05) is 16.8 Å². The predicted octanol–water partition coefficient (Wildman–Crippen LogP) is 2.15. The maximum atomic E-state index is 11.7. The number of aromatic nitrogens is 3. The monoisotopic (exact) mass is 309 g/mol. The largest absolute Gasteiger partial charge is 0.384 e. The summed E-state index contributed by atoms with van der Waals surface area (Å²) in [4.78, 5) is 24.0.